The highest BCUT2D eigenvalue weighted by Gasteiger charge is 2.28. The van der Waals surface area contributed by atoms with Gasteiger partial charge in [-0.05, 0) is 59.4 Å². The van der Waals surface area contributed by atoms with Crippen molar-refractivity contribution in [3.8, 4) is 16.9 Å². The smallest absolute Gasteiger partial charge is 0.407 e. The van der Waals surface area contributed by atoms with E-state index in [2.05, 4.69) is 50.8 Å². The van der Waals surface area contributed by atoms with E-state index >= 15 is 0 Å². The third-order valence-corrected chi connectivity index (χ3v) is 6.84. The van der Waals surface area contributed by atoms with E-state index in [9.17, 15) is 9.59 Å². The number of halogens is 1. The molecule has 0 aromatic heterocycles. The predicted molar refractivity (Wildman–Crippen MR) is 150 cm³/mol. The number of alkyl carbamates (subject to hydrolysis) is 1. The molecule has 4 rings (SSSR count). The number of hydrogen-bond donors (Lipinski definition) is 2. The van der Waals surface area contributed by atoms with Crippen LogP contribution in [-0.4, -0.2) is 51.5 Å². The van der Waals surface area contributed by atoms with Crippen LogP contribution in [-0.2, 0) is 14.3 Å². The van der Waals surface area contributed by atoms with E-state index in [0.29, 0.717) is 32.9 Å². The van der Waals surface area contributed by atoms with Gasteiger partial charge >= 0.3 is 6.09 Å². The summed E-state index contributed by atoms with van der Waals surface area (Å²) in [6, 6.07) is 24.2. The minimum absolute atomic E-state index is 0.0296. The molecule has 38 heavy (non-hydrogen) atoms. The van der Waals surface area contributed by atoms with E-state index in [-0.39, 0.29) is 24.9 Å². The lowest BCUT2D eigenvalue weighted by atomic mass is 9.98. The van der Waals surface area contributed by atoms with E-state index in [1.807, 2.05) is 48.5 Å². The van der Waals surface area contributed by atoms with Crippen molar-refractivity contribution in [1.29, 1.82) is 0 Å². The molecule has 1 aliphatic rings. The van der Waals surface area contributed by atoms with Gasteiger partial charge in [-0.3, -0.25) is 4.79 Å². The zero-order valence-electron chi connectivity index (χ0n) is 21.3. The third-order valence-electron chi connectivity index (χ3n) is 6.31. The Morgan fingerprint density at radius 2 is 1.45 bits per heavy atom. The summed E-state index contributed by atoms with van der Waals surface area (Å²) in [7, 11) is 0. The number of fused-ring (bicyclic) bond motifs is 3. The molecule has 0 heterocycles. The average Bonchev–Trinajstić information content (AvgIpc) is 3.26. The Hall–Kier alpha value is -3.36. The molecule has 0 saturated carbocycles. The van der Waals surface area contributed by atoms with Crippen LogP contribution in [0.2, 0.25) is 0 Å². The summed E-state index contributed by atoms with van der Waals surface area (Å²) < 4.78 is 17.7. The molecule has 8 heteroatoms. The summed E-state index contributed by atoms with van der Waals surface area (Å²) in [6.45, 7) is 2.41. The number of nitrogens with one attached hydrogen (secondary N) is 2. The molecule has 0 aliphatic heterocycles. The SMILES string of the molecule is O=C(CCOCCNC(=O)OCC1c2ccccc2-c2ccccc21)NCCCCOc1ccc(Br)cc1. The first-order valence-corrected chi connectivity index (χ1v) is 13.7. The molecule has 0 spiro atoms. The quantitative estimate of drug-likeness (QED) is 0.240. The largest absolute Gasteiger partial charge is 0.494 e. The van der Waals surface area contributed by atoms with Crippen LogP contribution in [0.25, 0.3) is 11.1 Å². The molecule has 0 atom stereocenters. The summed E-state index contributed by atoms with van der Waals surface area (Å²) in [5, 5.41) is 5.60. The van der Waals surface area contributed by atoms with Crippen molar-refractivity contribution in [1.82, 2.24) is 10.6 Å². The highest BCUT2D eigenvalue weighted by Crippen LogP contribution is 2.44. The fraction of sp³-hybridized carbons (Fsp3) is 0.333. The van der Waals surface area contributed by atoms with Crippen LogP contribution in [0.5, 0.6) is 5.75 Å². The Morgan fingerprint density at radius 3 is 2.16 bits per heavy atom. The summed E-state index contributed by atoms with van der Waals surface area (Å²) >= 11 is 3.40. The van der Waals surface area contributed by atoms with Crippen LogP contribution < -0.4 is 15.4 Å². The molecular weight excluding hydrogens is 548 g/mol. The van der Waals surface area contributed by atoms with Gasteiger partial charge in [0.2, 0.25) is 5.91 Å². The zero-order valence-corrected chi connectivity index (χ0v) is 22.9. The number of unbranched alkanes of at least 4 members (excludes halogenated alkanes) is 1. The van der Waals surface area contributed by atoms with Gasteiger partial charge in [-0.1, -0.05) is 64.5 Å². The van der Waals surface area contributed by atoms with Crippen LogP contribution >= 0.6 is 15.9 Å². The average molecular weight is 582 g/mol. The first-order chi connectivity index (χ1) is 18.6. The molecule has 2 N–H and O–H groups in total. The molecular formula is C30H33BrN2O5. The molecule has 3 aromatic rings. The molecule has 1 aliphatic carbocycles. The lowest BCUT2D eigenvalue weighted by Gasteiger charge is -2.14. The standard InChI is InChI=1S/C30H33BrN2O5/c31-22-11-13-23(14-12-22)37-18-6-5-16-32-29(34)15-19-36-20-17-33-30(35)38-21-28-26-9-3-1-7-24(26)25-8-2-4-10-27(25)28/h1-4,7-14,28H,5-6,15-21H2,(H,32,34)(H,33,35). The minimum atomic E-state index is -0.475. The van der Waals surface area contributed by atoms with E-state index in [0.717, 1.165) is 23.1 Å². The Bertz CT molecular complexity index is 1160. The molecule has 7 nitrogen and oxygen atoms in total. The van der Waals surface area contributed by atoms with Crippen LogP contribution in [0.15, 0.2) is 77.3 Å². The van der Waals surface area contributed by atoms with Gasteiger partial charge < -0.3 is 24.8 Å². The van der Waals surface area contributed by atoms with Crippen LogP contribution in [0.4, 0.5) is 4.79 Å². The molecule has 200 valence electrons. The Labute approximate surface area is 232 Å². The highest BCUT2D eigenvalue weighted by atomic mass is 79.9. The van der Waals surface area contributed by atoms with Gasteiger partial charge in [-0.15, -0.1) is 0 Å². The minimum Gasteiger partial charge on any atom is -0.494 e. The second kappa shape index (κ2) is 14.5. The van der Waals surface area contributed by atoms with Crippen LogP contribution in [0.1, 0.15) is 36.3 Å². The lowest BCUT2D eigenvalue weighted by Crippen LogP contribution is -2.30. The molecule has 3 aromatic carbocycles. The molecule has 0 unspecified atom stereocenters. The number of carbonyl (C=O) groups is 2. The summed E-state index contributed by atoms with van der Waals surface area (Å²) in [4.78, 5) is 24.1. The van der Waals surface area contributed by atoms with Crippen molar-refractivity contribution in [3.05, 3.63) is 88.4 Å². The van der Waals surface area contributed by atoms with Crippen LogP contribution in [0.3, 0.4) is 0 Å². The molecule has 0 fully saturated rings. The van der Waals surface area contributed by atoms with Gasteiger partial charge in [0, 0.05) is 29.9 Å². The lowest BCUT2D eigenvalue weighted by molar-refractivity contribution is -0.122. The maximum Gasteiger partial charge on any atom is 0.407 e. The number of amides is 2. The number of ether oxygens (including phenoxy) is 3. The highest BCUT2D eigenvalue weighted by molar-refractivity contribution is 9.10. The van der Waals surface area contributed by atoms with Crippen LogP contribution in [0, 0.1) is 0 Å². The Kier molecular flexibility index (Phi) is 10.6. The Morgan fingerprint density at radius 1 is 0.763 bits per heavy atom. The van der Waals surface area contributed by atoms with Gasteiger partial charge in [-0.2, -0.15) is 0 Å². The van der Waals surface area contributed by atoms with Gasteiger partial charge in [0.25, 0.3) is 0 Å². The maximum absolute atomic E-state index is 12.2. The van der Waals surface area contributed by atoms with Crippen molar-refractivity contribution in [3.63, 3.8) is 0 Å². The maximum atomic E-state index is 12.2. The van der Waals surface area contributed by atoms with Gasteiger partial charge in [0.1, 0.15) is 12.4 Å². The number of carbonyl (C=O) groups excluding carboxylic acids is 2. The third kappa shape index (κ3) is 8.07. The normalized spacial score (nSPS) is 11.9. The van der Waals surface area contributed by atoms with E-state index in [1.165, 1.54) is 22.3 Å². The first kappa shape index (κ1) is 27.7. The number of rotatable bonds is 14. The fourth-order valence-electron chi connectivity index (χ4n) is 4.41. The topological polar surface area (TPSA) is 85.9 Å². The van der Waals surface area contributed by atoms with Gasteiger partial charge in [0.05, 0.1) is 19.8 Å². The predicted octanol–water partition coefficient (Wildman–Crippen LogP) is 5.67. The molecule has 2 amide bonds. The summed E-state index contributed by atoms with van der Waals surface area (Å²) in [5.74, 6) is 0.813. The van der Waals surface area contributed by atoms with E-state index in [1.54, 1.807) is 0 Å². The van der Waals surface area contributed by atoms with Crippen molar-refractivity contribution < 1.29 is 23.8 Å². The van der Waals surface area contributed by atoms with E-state index < -0.39 is 6.09 Å². The number of benzene rings is 3. The van der Waals surface area contributed by atoms with Crippen molar-refractivity contribution >= 4 is 27.9 Å². The van der Waals surface area contributed by atoms with E-state index in [4.69, 9.17) is 14.2 Å². The summed E-state index contributed by atoms with van der Waals surface area (Å²) in [6.07, 6.45) is 1.50. The van der Waals surface area contributed by atoms with Crippen molar-refractivity contribution in [2.24, 2.45) is 0 Å². The number of hydrogen-bond acceptors (Lipinski definition) is 5. The molecule has 0 saturated heterocycles. The first-order valence-electron chi connectivity index (χ1n) is 12.9. The summed E-state index contributed by atoms with van der Waals surface area (Å²) in [5.41, 5.74) is 4.75. The second-order valence-corrected chi connectivity index (χ2v) is 9.89. The Balaban J connectivity index is 1.01. The second-order valence-electron chi connectivity index (χ2n) is 8.97. The monoisotopic (exact) mass is 580 g/mol. The van der Waals surface area contributed by atoms with Crippen molar-refractivity contribution in [2.75, 3.05) is 39.5 Å². The zero-order chi connectivity index (χ0) is 26.6. The molecule has 0 radical (unpaired) electrons. The van der Waals surface area contributed by atoms with Gasteiger partial charge in [-0.25, -0.2) is 4.79 Å². The molecule has 0 bridgehead atoms. The fourth-order valence-corrected chi connectivity index (χ4v) is 4.67. The van der Waals surface area contributed by atoms with Crippen molar-refractivity contribution in [2.45, 2.75) is 25.2 Å². The van der Waals surface area contributed by atoms with Gasteiger partial charge in [0.15, 0.2) is 0 Å².